The number of carbonyl (C=O) groups is 1. The lowest BCUT2D eigenvalue weighted by Crippen LogP contribution is -2.46. The van der Waals surface area contributed by atoms with E-state index in [1.807, 2.05) is 32.1 Å². The van der Waals surface area contributed by atoms with Gasteiger partial charge in [0.15, 0.2) is 0 Å². The number of fused-ring (bicyclic) bond motifs is 1. The first-order valence-electron chi connectivity index (χ1n) is 8.30. The van der Waals surface area contributed by atoms with E-state index < -0.39 is 5.60 Å². The summed E-state index contributed by atoms with van der Waals surface area (Å²) in [6.07, 6.45) is 1.56. The summed E-state index contributed by atoms with van der Waals surface area (Å²) < 4.78 is 5.26. The summed E-state index contributed by atoms with van der Waals surface area (Å²) in [5.74, 6) is 0. The van der Waals surface area contributed by atoms with Gasteiger partial charge in [-0.3, -0.25) is 4.90 Å². The van der Waals surface area contributed by atoms with Crippen LogP contribution in [0.2, 0.25) is 0 Å². The molecule has 0 aromatic carbocycles. The smallest absolute Gasteiger partial charge is 0.407 e. The van der Waals surface area contributed by atoms with E-state index in [-0.39, 0.29) is 12.1 Å². The fourth-order valence-corrected chi connectivity index (χ4v) is 4.06. The minimum absolute atomic E-state index is 0.271. The second-order valence-corrected chi connectivity index (χ2v) is 8.07. The Morgan fingerprint density at radius 3 is 2.96 bits per heavy atom. The van der Waals surface area contributed by atoms with E-state index in [0.29, 0.717) is 19.1 Å². The summed E-state index contributed by atoms with van der Waals surface area (Å²) in [5, 5.41) is 5.00. The maximum atomic E-state index is 11.7. The van der Waals surface area contributed by atoms with Crippen molar-refractivity contribution in [3.63, 3.8) is 0 Å². The first kappa shape index (κ1) is 18.2. The van der Waals surface area contributed by atoms with Gasteiger partial charge in [0.05, 0.1) is 0 Å². The van der Waals surface area contributed by atoms with Crippen LogP contribution in [0.3, 0.4) is 0 Å². The van der Waals surface area contributed by atoms with Gasteiger partial charge in [0.25, 0.3) is 0 Å². The van der Waals surface area contributed by atoms with Gasteiger partial charge in [-0.15, -0.1) is 11.3 Å². The number of amides is 1. The van der Waals surface area contributed by atoms with Gasteiger partial charge >= 0.3 is 6.09 Å². The van der Waals surface area contributed by atoms with Crippen LogP contribution in [-0.4, -0.2) is 42.3 Å². The molecule has 2 unspecified atom stereocenters. The molecule has 0 saturated carbocycles. The summed E-state index contributed by atoms with van der Waals surface area (Å²) >= 11 is 1.85. The molecule has 6 heteroatoms. The highest BCUT2D eigenvalue weighted by molar-refractivity contribution is 7.10. The second kappa shape index (κ2) is 7.64. The Kier molecular flexibility index (Phi) is 6.06. The fraction of sp³-hybridized carbons (Fsp3) is 0.706. The third kappa shape index (κ3) is 4.93. The maximum absolute atomic E-state index is 11.7. The van der Waals surface area contributed by atoms with E-state index in [0.717, 1.165) is 19.4 Å². The number of thiophene rings is 1. The quantitative estimate of drug-likeness (QED) is 0.865. The molecular formula is C17H29N3O2S. The SMILES string of the molecule is CC1c2ccsc2CCN1C(CN)CCNC(=O)OC(C)(C)C. The average molecular weight is 340 g/mol. The molecule has 1 aliphatic heterocycles. The third-order valence-electron chi connectivity index (χ3n) is 4.21. The molecule has 0 spiro atoms. The number of hydrogen-bond donors (Lipinski definition) is 2. The Morgan fingerprint density at radius 2 is 2.30 bits per heavy atom. The van der Waals surface area contributed by atoms with E-state index in [4.69, 9.17) is 10.5 Å². The molecule has 1 aliphatic rings. The predicted octanol–water partition coefficient (Wildman–Crippen LogP) is 2.91. The minimum atomic E-state index is -0.464. The normalized spacial score (nSPS) is 20.0. The Labute approximate surface area is 143 Å². The van der Waals surface area contributed by atoms with Crippen molar-refractivity contribution in [2.45, 2.75) is 58.2 Å². The molecule has 3 N–H and O–H groups in total. The summed E-state index contributed by atoms with van der Waals surface area (Å²) in [6.45, 7) is 10.0. The monoisotopic (exact) mass is 339 g/mol. The molecule has 1 aromatic rings. The fourth-order valence-electron chi connectivity index (χ4n) is 3.10. The van der Waals surface area contributed by atoms with Gasteiger partial charge in [0, 0.05) is 36.6 Å². The second-order valence-electron chi connectivity index (χ2n) is 7.07. The lowest BCUT2D eigenvalue weighted by atomic mass is 9.98. The van der Waals surface area contributed by atoms with Crippen LogP contribution >= 0.6 is 11.3 Å². The molecule has 130 valence electrons. The lowest BCUT2D eigenvalue weighted by molar-refractivity contribution is 0.0518. The van der Waals surface area contributed by atoms with Crippen molar-refractivity contribution in [1.29, 1.82) is 0 Å². The van der Waals surface area contributed by atoms with Gasteiger partial charge in [-0.2, -0.15) is 0 Å². The molecule has 23 heavy (non-hydrogen) atoms. The van der Waals surface area contributed by atoms with E-state index in [2.05, 4.69) is 28.6 Å². The first-order chi connectivity index (χ1) is 10.8. The van der Waals surface area contributed by atoms with Gasteiger partial charge in [0.1, 0.15) is 5.60 Å². The van der Waals surface area contributed by atoms with Crippen LogP contribution in [0.1, 0.15) is 50.6 Å². The van der Waals surface area contributed by atoms with Crippen molar-refractivity contribution in [3.05, 3.63) is 21.9 Å². The molecular weight excluding hydrogens is 310 g/mol. The van der Waals surface area contributed by atoms with Crippen LogP contribution in [0.15, 0.2) is 11.4 Å². The highest BCUT2D eigenvalue weighted by Crippen LogP contribution is 2.34. The molecule has 2 heterocycles. The van der Waals surface area contributed by atoms with E-state index in [1.165, 1.54) is 10.4 Å². The van der Waals surface area contributed by atoms with E-state index in [1.54, 1.807) is 0 Å². The number of nitrogens with zero attached hydrogens (tertiary/aromatic N) is 1. The highest BCUT2D eigenvalue weighted by Gasteiger charge is 2.29. The summed E-state index contributed by atoms with van der Waals surface area (Å²) in [5.41, 5.74) is 6.96. The average Bonchev–Trinajstić information content (AvgIpc) is 2.92. The van der Waals surface area contributed by atoms with Crippen molar-refractivity contribution in [2.24, 2.45) is 5.73 Å². The molecule has 1 amide bonds. The number of rotatable bonds is 5. The summed E-state index contributed by atoms with van der Waals surface area (Å²) in [4.78, 5) is 15.7. The molecule has 2 atom stereocenters. The Bertz CT molecular complexity index is 524. The summed E-state index contributed by atoms with van der Waals surface area (Å²) in [7, 11) is 0. The zero-order valence-electron chi connectivity index (χ0n) is 14.6. The predicted molar refractivity (Wildman–Crippen MR) is 94.8 cm³/mol. The summed E-state index contributed by atoms with van der Waals surface area (Å²) in [6, 6.07) is 2.89. The Hall–Kier alpha value is -1.11. The van der Waals surface area contributed by atoms with Crippen LogP contribution in [0.25, 0.3) is 0 Å². The molecule has 0 saturated heterocycles. The van der Waals surface area contributed by atoms with Gasteiger partial charge in [-0.05, 0) is 57.5 Å². The Balaban J connectivity index is 1.85. The van der Waals surface area contributed by atoms with Gasteiger partial charge < -0.3 is 15.8 Å². The molecule has 0 fully saturated rings. The largest absolute Gasteiger partial charge is 0.444 e. The number of carbonyl (C=O) groups excluding carboxylic acids is 1. The van der Waals surface area contributed by atoms with Crippen molar-refractivity contribution in [1.82, 2.24) is 10.2 Å². The van der Waals surface area contributed by atoms with E-state index in [9.17, 15) is 4.79 Å². The standard InChI is InChI=1S/C17H29N3O2S/c1-12-14-7-10-23-15(14)6-9-20(12)13(11-18)5-8-19-16(21)22-17(2,3)4/h7,10,12-13H,5-6,8-9,11,18H2,1-4H3,(H,19,21). The molecule has 0 aliphatic carbocycles. The maximum Gasteiger partial charge on any atom is 0.407 e. The van der Waals surface area contributed by atoms with Crippen LogP contribution < -0.4 is 11.1 Å². The zero-order valence-corrected chi connectivity index (χ0v) is 15.4. The van der Waals surface area contributed by atoms with Crippen molar-refractivity contribution in [2.75, 3.05) is 19.6 Å². The molecule has 1 aromatic heterocycles. The minimum Gasteiger partial charge on any atom is -0.444 e. The third-order valence-corrected chi connectivity index (χ3v) is 5.21. The van der Waals surface area contributed by atoms with Gasteiger partial charge in [-0.25, -0.2) is 4.79 Å². The molecule has 0 bridgehead atoms. The lowest BCUT2D eigenvalue weighted by Gasteiger charge is -2.39. The van der Waals surface area contributed by atoms with Crippen LogP contribution in [0.4, 0.5) is 4.79 Å². The first-order valence-corrected chi connectivity index (χ1v) is 9.18. The van der Waals surface area contributed by atoms with E-state index >= 15 is 0 Å². The Morgan fingerprint density at radius 1 is 1.57 bits per heavy atom. The van der Waals surface area contributed by atoms with Crippen molar-refractivity contribution in [3.8, 4) is 0 Å². The number of hydrogen-bond acceptors (Lipinski definition) is 5. The van der Waals surface area contributed by atoms with Crippen LogP contribution in [0.5, 0.6) is 0 Å². The van der Waals surface area contributed by atoms with Crippen LogP contribution in [-0.2, 0) is 11.2 Å². The van der Waals surface area contributed by atoms with Crippen molar-refractivity contribution >= 4 is 17.4 Å². The molecule has 2 rings (SSSR count). The number of alkyl carbamates (subject to hydrolysis) is 1. The topological polar surface area (TPSA) is 67.6 Å². The molecule has 5 nitrogen and oxygen atoms in total. The van der Waals surface area contributed by atoms with Crippen molar-refractivity contribution < 1.29 is 9.53 Å². The number of nitrogens with one attached hydrogen (secondary N) is 1. The van der Waals surface area contributed by atoms with Gasteiger partial charge in [-0.1, -0.05) is 0 Å². The zero-order chi connectivity index (χ0) is 17.0. The number of nitrogens with two attached hydrogens (primary N) is 1. The number of ether oxygens (including phenoxy) is 1. The highest BCUT2D eigenvalue weighted by atomic mass is 32.1. The molecule has 0 radical (unpaired) electrons. The van der Waals surface area contributed by atoms with Gasteiger partial charge in [0.2, 0.25) is 0 Å². The van der Waals surface area contributed by atoms with Crippen LogP contribution in [0, 0.1) is 0 Å².